The molecule has 0 unspecified atom stereocenters. The quantitative estimate of drug-likeness (QED) is 0.774. The molecular weight excluding hydrogens is 207 g/mol. The first kappa shape index (κ1) is 11.0. The Balaban J connectivity index is 2.83. The second-order valence-electron chi connectivity index (χ2n) is 2.90. The third-order valence-electron chi connectivity index (χ3n) is 1.66. The van der Waals surface area contributed by atoms with E-state index in [1.807, 2.05) is 0 Å². The fourth-order valence-corrected chi connectivity index (χ4v) is 1.38. The zero-order chi connectivity index (χ0) is 10.6. The number of alkyl halides is 1. The van der Waals surface area contributed by atoms with Crippen LogP contribution in [0, 0.1) is 0 Å². The number of carbonyl (C=O) groups excluding carboxylic acids is 1. The fraction of sp³-hybridized carbons (Fsp3) is 0.300. The van der Waals surface area contributed by atoms with E-state index >= 15 is 0 Å². The highest BCUT2D eigenvalue weighted by atomic mass is 35.5. The molecule has 0 saturated carbocycles. The number of hydrogen-bond acceptors (Lipinski definition) is 2. The maximum Gasteiger partial charge on any atom is 0.228 e. The van der Waals surface area contributed by atoms with Gasteiger partial charge in [0, 0.05) is 6.42 Å². The van der Waals surface area contributed by atoms with Crippen molar-refractivity contribution in [1.82, 2.24) is 0 Å². The van der Waals surface area contributed by atoms with Gasteiger partial charge in [-0.05, 0) is 24.6 Å². The van der Waals surface area contributed by atoms with Gasteiger partial charge in [-0.25, -0.2) is 4.39 Å². The van der Waals surface area contributed by atoms with Gasteiger partial charge in [0.2, 0.25) is 6.86 Å². The van der Waals surface area contributed by atoms with Crippen LogP contribution in [0.1, 0.15) is 12.5 Å². The van der Waals surface area contributed by atoms with Gasteiger partial charge in [-0.2, -0.15) is 0 Å². The van der Waals surface area contributed by atoms with Gasteiger partial charge in [0.15, 0.2) is 0 Å². The van der Waals surface area contributed by atoms with Crippen LogP contribution in [0.15, 0.2) is 18.2 Å². The summed E-state index contributed by atoms with van der Waals surface area (Å²) >= 11 is 5.79. The predicted molar refractivity (Wildman–Crippen MR) is 52.4 cm³/mol. The highest BCUT2D eigenvalue weighted by Gasteiger charge is 2.04. The zero-order valence-electron chi connectivity index (χ0n) is 7.72. The topological polar surface area (TPSA) is 26.3 Å². The molecule has 0 aliphatic rings. The van der Waals surface area contributed by atoms with E-state index in [9.17, 15) is 9.18 Å². The van der Waals surface area contributed by atoms with Crippen molar-refractivity contribution < 1.29 is 13.9 Å². The molecular formula is C10H10ClFO2. The Morgan fingerprint density at radius 2 is 2.29 bits per heavy atom. The van der Waals surface area contributed by atoms with E-state index < -0.39 is 6.86 Å². The molecule has 0 bridgehead atoms. The lowest BCUT2D eigenvalue weighted by Gasteiger charge is -2.05. The second kappa shape index (κ2) is 4.96. The van der Waals surface area contributed by atoms with Crippen LogP contribution in [0.25, 0.3) is 0 Å². The lowest BCUT2D eigenvalue weighted by molar-refractivity contribution is -0.116. The molecule has 1 aromatic carbocycles. The molecule has 0 spiro atoms. The summed E-state index contributed by atoms with van der Waals surface area (Å²) in [6, 6.07) is 4.85. The summed E-state index contributed by atoms with van der Waals surface area (Å²) in [4.78, 5) is 10.8. The Bertz CT molecular complexity index is 339. The third kappa shape index (κ3) is 3.00. The maximum absolute atomic E-state index is 11.8. The van der Waals surface area contributed by atoms with Crippen molar-refractivity contribution in [3.05, 3.63) is 28.8 Å². The van der Waals surface area contributed by atoms with Gasteiger partial charge in [0.25, 0.3) is 0 Å². The monoisotopic (exact) mass is 216 g/mol. The van der Waals surface area contributed by atoms with Gasteiger partial charge in [-0.1, -0.05) is 17.7 Å². The molecule has 0 radical (unpaired) electrons. The molecule has 0 aliphatic carbocycles. The van der Waals surface area contributed by atoms with E-state index in [4.69, 9.17) is 11.6 Å². The molecule has 0 aliphatic heterocycles. The number of halogens is 2. The van der Waals surface area contributed by atoms with Crippen molar-refractivity contribution in [2.75, 3.05) is 6.86 Å². The third-order valence-corrected chi connectivity index (χ3v) is 1.95. The second-order valence-corrected chi connectivity index (χ2v) is 3.30. The molecule has 0 aromatic heterocycles. The van der Waals surface area contributed by atoms with E-state index in [1.54, 1.807) is 18.2 Å². The highest BCUT2D eigenvalue weighted by molar-refractivity contribution is 6.32. The molecule has 1 aromatic rings. The number of hydrogen-bond donors (Lipinski definition) is 0. The van der Waals surface area contributed by atoms with Crippen LogP contribution in [0.4, 0.5) is 4.39 Å². The van der Waals surface area contributed by atoms with E-state index in [-0.39, 0.29) is 5.78 Å². The predicted octanol–water partition coefficient (Wildman–Crippen LogP) is 2.78. The zero-order valence-corrected chi connectivity index (χ0v) is 8.47. The number of benzene rings is 1. The highest BCUT2D eigenvalue weighted by Crippen LogP contribution is 2.25. The Labute approximate surface area is 86.6 Å². The minimum absolute atomic E-state index is 0.0558. The van der Waals surface area contributed by atoms with E-state index in [1.165, 1.54) is 6.92 Å². The van der Waals surface area contributed by atoms with Crippen LogP contribution in [0.3, 0.4) is 0 Å². The summed E-state index contributed by atoms with van der Waals surface area (Å²) < 4.78 is 16.4. The summed E-state index contributed by atoms with van der Waals surface area (Å²) in [6.45, 7) is 0.589. The molecule has 0 N–H and O–H groups in total. The van der Waals surface area contributed by atoms with Crippen LogP contribution in [0.5, 0.6) is 5.75 Å². The smallest absolute Gasteiger partial charge is 0.228 e. The Morgan fingerprint density at radius 3 is 2.79 bits per heavy atom. The van der Waals surface area contributed by atoms with E-state index in [0.717, 1.165) is 5.56 Å². The van der Waals surface area contributed by atoms with E-state index in [0.29, 0.717) is 17.2 Å². The molecule has 2 nitrogen and oxygen atoms in total. The van der Waals surface area contributed by atoms with Gasteiger partial charge >= 0.3 is 0 Å². The lowest BCUT2D eigenvalue weighted by Crippen LogP contribution is -1.97. The number of rotatable bonds is 4. The average Bonchev–Trinajstić information content (AvgIpc) is 2.09. The molecule has 4 heteroatoms. The maximum atomic E-state index is 11.8. The van der Waals surface area contributed by atoms with Crippen molar-refractivity contribution in [3.63, 3.8) is 0 Å². The van der Waals surface area contributed by atoms with Gasteiger partial charge in [0.1, 0.15) is 11.5 Å². The van der Waals surface area contributed by atoms with Gasteiger partial charge in [-0.3, -0.25) is 4.79 Å². The largest absolute Gasteiger partial charge is 0.461 e. The van der Waals surface area contributed by atoms with Crippen molar-refractivity contribution in [2.45, 2.75) is 13.3 Å². The molecule has 0 amide bonds. The number of ether oxygens (including phenoxy) is 1. The van der Waals surface area contributed by atoms with Crippen LogP contribution in [-0.2, 0) is 11.2 Å². The average molecular weight is 217 g/mol. The van der Waals surface area contributed by atoms with Crippen LogP contribution in [0.2, 0.25) is 5.02 Å². The van der Waals surface area contributed by atoms with Crippen molar-refractivity contribution in [3.8, 4) is 5.75 Å². The Hall–Kier alpha value is -1.09. The molecule has 1 rings (SSSR count). The minimum atomic E-state index is -0.911. The number of carbonyl (C=O) groups is 1. The normalized spacial score (nSPS) is 9.93. The standard InChI is InChI=1S/C10H10ClFO2/c1-7(13)4-8-2-3-10(14-6-12)9(11)5-8/h2-3,5H,4,6H2,1H3. The van der Waals surface area contributed by atoms with Gasteiger partial charge < -0.3 is 4.74 Å². The van der Waals surface area contributed by atoms with Crippen molar-refractivity contribution in [2.24, 2.45) is 0 Å². The summed E-state index contributed by atoms with van der Waals surface area (Å²) in [6.07, 6.45) is 0.329. The van der Waals surface area contributed by atoms with Gasteiger partial charge in [0.05, 0.1) is 5.02 Å². The van der Waals surface area contributed by atoms with Crippen LogP contribution in [-0.4, -0.2) is 12.6 Å². The van der Waals surface area contributed by atoms with E-state index in [2.05, 4.69) is 4.74 Å². The number of Topliss-reactive ketones (excluding diaryl/α,β-unsaturated/α-hetero) is 1. The molecule has 14 heavy (non-hydrogen) atoms. The summed E-state index contributed by atoms with van der Waals surface area (Å²) in [5.74, 6) is 0.349. The number of ketones is 1. The van der Waals surface area contributed by atoms with Crippen LogP contribution >= 0.6 is 11.6 Å². The van der Waals surface area contributed by atoms with Crippen molar-refractivity contribution >= 4 is 17.4 Å². The summed E-state index contributed by atoms with van der Waals surface area (Å²) in [7, 11) is 0. The summed E-state index contributed by atoms with van der Waals surface area (Å²) in [5.41, 5.74) is 0.800. The molecule has 0 heterocycles. The molecule has 0 atom stereocenters. The first-order chi connectivity index (χ1) is 6.63. The Kier molecular flexibility index (Phi) is 3.89. The van der Waals surface area contributed by atoms with Gasteiger partial charge in [-0.15, -0.1) is 0 Å². The fourth-order valence-electron chi connectivity index (χ4n) is 1.12. The Morgan fingerprint density at radius 1 is 1.57 bits per heavy atom. The summed E-state index contributed by atoms with van der Waals surface area (Å²) in [5, 5.41) is 0.321. The lowest BCUT2D eigenvalue weighted by atomic mass is 10.1. The molecule has 0 saturated heterocycles. The minimum Gasteiger partial charge on any atom is -0.461 e. The first-order valence-electron chi connectivity index (χ1n) is 4.10. The first-order valence-corrected chi connectivity index (χ1v) is 4.48. The molecule has 0 fully saturated rings. The molecule has 76 valence electrons. The SMILES string of the molecule is CC(=O)Cc1ccc(OCF)c(Cl)c1. The van der Waals surface area contributed by atoms with Crippen LogP contribution < -0.4 is 4.74 Å². The van der Waals surface area contributed by atoms with Crippen molar-refractivity contribution in [1.29, 1.82) is 0 Å².